The fourth-order valence-corrected chi connectivity index (χ4v) is 9.25. The Bertz CT molecular complexity index is 3960. The zero-order valence-corrected chi connectivity index (χ0v) is 34.4. The van der Waals surface area contributed by atoms with Gasteiger partial charge in [-0.3, -0.25) is 0 Å². The van der Waals surface area contributed by atoms with Gasteiger partial charge in [-0.05, 0) is 116 Å². The first kappa shape index (κ1) is 36.0. The molecule has 0 spiro atoms. The number of furan rings is 2. The summed E-state index contributed by atoms with van der Waals surface area (Å²) >= 11 is 0. The van der Waals surface area contributed by atoms with Gasteiger partial charge in [-0.2, -0.15) is 0 Å². The summed E-state index contributed by atoms with van der Waals surface area (Å²) in [7, 11) is 0. The molecule has 0 radical (unpaired) electrons. The normalized spacial score (nSPS) is 11.8. The smallest absolute Gasteiger partial charge is 0.164 e. The van der Waals surface area contributed by atoms with Crippen LogP contribution >= 0.6 is 0 Å². The van der Waals surface area contributed by atoms with E-state index in [2.05, 4.69) is 182 Å². The second kappa shape index (κ2) is 14.5. The van der Waals surface area contributed by atoms with Crippen molar-refractivity contribution in [2.45, 2.75) is 0 Å². The number of aromatic nitrogens is 3. The molecule has 0 aliphatic carbocycles. The Morgan fingerprint density at radius 2 is 0.812 bits per heavy atom. The first-order valence-electron chi connectivity index (χ1n) is 21.5. The lowest BCUT2D eigenvalue weighted by atomic mass is 9.92. The van der Waals surface area contributed by atoms with Gasteiger partial charge in [0.2, 0.25) is 0 Å². The van der Waals surface area contributed by atoms with Gasteiger partial charge in [0.05, 0.1) is 0 Å². The minimum absolute atomic E-state index is 0.591. The Labute approximate surface area is 367 Å². The maximum atomic E-state index is 6.74. The highest BCUT2D eigenvalue weighted by molar-refractivity contribution is 6.16. The number of nitrogens with zero attached hydrogens (tertiary/aromatic N) is 3. The van der Waals surface area contributed by atoms with Crippen LogP contribution in [0.2, 0.25) is 0 Å². The molecule has 0 N–H and O–H groups in total. The summed E-state index contributed by atoms with van der Waals surface area (Å²) in [5.41, 5.74) is 12.8. The van der Waals surface area contributed by atoms with Crippen LogP contribution < -0.4 is 0 Å². The quantitative estimate of drug-likeness (QED) is 0.167. The molecule has 0 saturated carbocycles. The SMILES string of the molecule is c1ccc(-c2cccc(-c3cc(-c4ccc(-c5nc(-c6ccc7ccccc7c6)nc(-c6ccc7oc8ccccc8c7c6)n5)cc4)c4c(c3)oc3cc5ccccc5cc34)c2)cc1. The van der Waals surface area contributed by atoms with Gasteiger partial charge in [-0.1, -0.05) is 152 Å². The standard InChI is InChI=1S/C59H35N3O2/c1-2-11-36(12-3-1)41-17-10-18-42(29-41)47-33-49(56-51-31-43-15-6-7-16-44(43)34-54(51)64-55(56)35-47)38-22-24-39(25-23-38)57-60-58(45-26-21-37-13-4-5-14-40(37)30-45)62-59(61-57)46-27-28-53-50(32-46)48-19-8-9-20-52(48)63-53/h1-35H. The highest BCUT2D eigenvalue weighted by Gasteiger charge is 2.19. The Balaban J connectivity index is 0.972. The van der Waals surface area contributed by atoms with Crippen molar-refractivity contribution in [2.24, 2.45) is 0 Å². The summed E-state index contributed by atoms with van der Waals surface area (Å²) in [6, 6.07) is 74.2. The summed E-state index contributed by atoms with van der Waals surface area (Å²) in [4.78, 5) is 15.4. The van der Waals surface area contributed by atoms with Crippen LogP contribution in [0.25, 0.3) is 133 Å². The molecule has 3 aromatic heterocycles. The average Bonchev–Trinajstić information content (AvgIpc) is 3.93. The van der Waals surface area contributed by atoms with Crippen molar-refractivity contribution in [2.75, 3.05) is 0 Å². The lowest BCUT2D eigenvalue weighted by molar-refractivity contribution is 0.669. The predicted octanol–water partition coefficient (Wildman–Crippen LogP) is 16.0. The van der Waals surface area contributed by atoms with Gasteiger partial charge in [-0.25, -0.2) is 15.0 Å². The van der Waals surface area contributed by atoms with Crippen LogP contribution in [0, 0.1) is 0 Å². The molecule has 0 fully saturated rings. The van der Waals surface area contributed by atoms with Gasteiger partial charge in [-0.15, -0.1) is 0 Å². The van der Waals surface area contributed by atoms with Gasteiger partial charge in [0.15, 0.2) is 17.5 Å². The van der Waals surface area contributed by atoms with Crippen molar-refractivity contribution in [1.29, 1.82) is 0 Å². The Hall–Kier alpha value is -8.67. The molecule has 64 heavy (non-hydrogen) atoms. The van der Waals surface area contributed by atoms with E-state index in [1.165, 1.54) is 10.9 Å². The first-order valence-corrected chi connectivity index (χ1v) is 21.5. The number of fused-ring (bicyclic) bond motifs is 8. The fraction of sp³-hybridized carbons (Fsp3) is 0. The van der Waals surface area contributed by atoms with E-state index in [1.807, 2.05) is 30.3 Å². The number of para-hydroxylation sites is 1. The number of rotatable bonds is 6. The van der Waals surface area contributed by atoms with Gasteiger partial charge in [0.1, 0.15) is 22.3 Å². The van der Waals surface area contributed by atoms with Crippen LogP contribution in [0.4, 0.5) is 0 Å². The zero-order chi connectivity index (χ0) is 42.1. The van der Waals surface area contributed by atoms with Crippen LogP contribution in [0.1, 0.15) is 0 Å². The number of hydrogen-bond acceptors (Lipinski definition) is 5. The van der Waals surface area contributed by atoms with E-state index in [4.69, 9.17) is 23.8 Å². The maximum absolute atomic E-state index is 6.74. The van der Waals surface area contributed by atoms with Crippen LogP contribution in [-0.2, 0) is 0 Å². The Morgan fingerprint density at radius 1 is 0.250 bits per heavy atom. The third-order valence-electron chi connectivity index (χ3n) is 12.5. The molecule has 0 amide bonds. The van der Waals surface area contributed by atoms with E-state index in [0.717, 1.165) is 105 Å². The van der Waals surface area contributed by atoms with E-state index in [1.54, 1.807) is 0 Å². The van der Waals surface area contributed by atoms with Crippen molar-refractivity contribution < 1.29 is 8.83 Å². The minimum atomic E-state index is 0.591. The summed E-state index contributed by atoms with van der Waals surface area (Å²) in [5.74, 6) is 1.79. The van der Waals surface area contributed by atoms with Crippen molar-refractivity contribution in [1.82, 2.24) is 15.0 Å². The molecule has 13 rings (SSSR count). The molecule has 3 heterocycles. The topological polar surface area (TPSA) is 65.0 Å². The van der Waals surface area contributed by atoms with E-state index in [-0.39, 0.29) is 0 Å². The predicted molar refractivity (Wildman–Crippen MR) is 262 cm³/mol. The number of benzene rings is 10. The molecule has 0 saturated heterocycles. The van der Waals surface area contributed by atoms with Gasteiger partial charge < -0.3 is 8.83 Å². The van der Waals surface area contributed by atoms with Gasteiger partial charge >= 0.3 is 0 Å². The molecule has 13 aromatic rings. The van der Waals surface area contributed by atoms with Gasteiger partial charge in [0, 0.05) is 38.2 Å². The summed E-state index contributed by atoms with van der Waals surface area (Å²) in [6.45, 7) is 0. The van der Waals surface area contributed by atoms with E-state index in [0.29, 0.717) is 17.5 Å². The maximum Gasteiger partial charge on any atom is 0.164 e. The van der Waals surface area contributed by atoms with Gasteiger partial charge in [0.25, 0.3) is 0 Å². The monoisotopic (exact) mass is 817 g/mol. The second-order valence-corrected chi connectivity index (χ2v) is 16.4. The molecule has 0 bridgehead atoms. The molecule has 0 atom stereocenters. The van der Waals surface area contributed by atoms with Crippen molar-refractivity contribution in [3.05, 3.63) is 212 Å². The largest absolute Gasteiger partial charge is 0.456 e. The minimum Gasteiger partial charge on any atom is -0.456 e. The summed E-state index contributed by atoms with van der Waals surface area (Å²) in [5, 5.41) is 8.85. The van der Waals surface area contributed by atoms with Crippen LogP contribution in [0.15, 0.2) is 221 Å². The zero-order valence-electron chi connectivity index (χ0n) is 34.4. The number of hydrogen-bond donors (Lipinski definition) is 0. The Kier molecular flexibility index (Phi) is 8.15. The lowest BCUT2D eigenvalue weighted by Gasteiger charge is -2.12. The van der Waals surface area contributed by atoms with Crippen molar-refractivity contribution in [3.63, 3.8) is 0 Å². The van der Waals surface area contributed by atoms with Crippen LogP contribution in [0.5, 0.6) is 0 Å². The fourth-order valence-electron chi connectivity index (χ4n) is 9.25. The first-order chi connectivity index (χ1) is 31.6. The second-order valence-electron chi connectivity index (χ2n) is 16.4. The summed E-state index contributed by atoms with van der Waals surface area (Å²) < 4.78 is 12.9. The third-order valence-corrected chi connectivity index (χ3v) is 12.5. The molecule has 0 aliphatic rings. The van der Waals surface area contributed by atoms with E-state index in [9.17, 15) is 0 Å². The lowest BCUT2D eigenvalue weighted by Crippen LogP contribution is -2.00. The molecule has 5 nitrogen and oxygen atoms in total. The molecular weight excluding hydrogens is 783 g/mol. The molecule has 5 heteroatoms. The molecule has 10 aromatic carbocycles. The molecule has 0 unspecified atom stereocenters. The Morgan fingerprint density at radius 3 is 1.61 bits per heavy atom. The summed E-state index contributed by atoms with van der Waals surface area (Å²) in [6.07, 6.45) is 0. The highest BCUT2D eigenvalue weighted by atomic mass is 16.3. The molecular formula is C59H35N3O2. The van der Waals surface area contributed by atoms with Crippen LogP contribution in [0.3, 0.4) is 0 Å². The third kappa shape index (κ3) is 6.13. The van der Waals surface area contributed by atoms with Crippen LogP contribution in [-0.4, -0.2) is 15.0 Å². The molecule has 0 aliphatic heterocycles. The van der Waals surface area contributed by atoms with E-state index < -0.39 is 0 Å². The van der Waals surface area contributed by atoms with Crippen molar-refractivity contribution >= 4 is 65.4 Å². The van der Waals surface area contributed by atoms with E-state index >= 15 is 0 Å². The average molecular weight is 818 g/mol. The van der Waals surface area contributed by atoms with Crippen molar-refractivity contribution in [3.8, 4) is 67.5 Å². The molecule has 298 valence electrons. The highest BCUT2D eigenvalue weighted by Crippen LogP contribution is 2.42.